The number of methoxy groups -OCH3 is 1. The third-order valence-corrected chi connectivity index (χ3v) is 5.11. The number of benzene rings is 2. The number of rotatable bonds is 11. The van der Waals surface area contributed by atoms with Crippen molar-refractivity contribution in [2.45, 2.75) is 24.5 Å². The summed E-state index contributed by atoms with van der Waals surface area (Å²) in [6.07, 6.45) is 1.46. The molecule has 0 aromatic heterocycles. The number of hydrogen-bond acceptors (Lipinski definition) is 7. The zero-order chi connectivity index (χ0) is 21.1. The first-order valence-electron chi connectivity index (χ1n) is 8.88. The molecule has 0 N–H and O–H groups in total. The van der Waals surface area contributed by atoms with E-state index < -0.39 is 22.2 Å². The first kappa shape index (κ1) is 22.6. The molecule has 0 aliphatic heterocycles. The lowest BCUT2D eigenvalue weighted by atomic mass is 10.2. The molecule has 0 aliphatic rings. The largest absolute Gasteiger partial charge is 0.493 e. The monoisotopic (exact) mass is 420 g/mol. The fourth-order valence-corrected chi connectivity index (χ4v) is 3.16. The van der Waals surface area contributed by atoms with Crippen molar-refractivity contribution < 1.29 is 31.6 Å². The molecule has 2 rings (SSSR count). The van der Waals surface area contributed by atoms with E-state index in [1.807, 2.05) is 37.3 Å². The molecule has 7 nitrogen and oxygen atoms in total. The summed E-state index contributed by atoms with van der Waals surface area (Å²) < 4.78 is 45.3. The van der Waals surface area contributed by atoms with Crippen molar-refractivity contribution >= 4 is 16.1 Å². The molecule has 0 saturated carbocycles. The van der Waals surface area contributed by atoms with Crippen molar-refractivity contribution in [2.24, 2.45) is 0 Å². The van der Waals surface area contributed by atoms with Crippen LogP contribution in [0.5, 0.6) is 0 Å². The summed E-state index contributed by atoms with van der Waals surface area (Å²) in [5.74, 6) is -0.595. The molecule has 2 aromatic rings. The summed E-state index contributed by atoms with van der Waals surface area (Å²) >= 11 is 0. The third kappa shape index (κ3) is 8.06. The van der Waals surface area contributed by atoms with E-state index in [-0.39, 0.29) is 18.1 Å². The van der Waals surface area contributed by atoms with E-state index in [0.717, 1.165) is 23.5 Å². The van der Waals surface area contributed by atoms with E-state index in [9.17, 15) is 13.2 Å². The molecule has 156 valence electrons. The van der Waals surface area contributed by atoms with Crippen LogP contribution in [0.2, 0.25) is 0 Å². The zero-order valence-corrected chi connectivity index (χ0v) is 17.1. The third-order valence-electron chi connectivity index (χ3n) is 3.81. The zero-order valence-electron chi connectivity index (χ0n) is 16.3. The Labute approximate surface area is 171 Å². The van der Waals surface area contributed by atoms with Gasteiger partial charge in [-0.15, -0.1) is 0 Å². The maximum absolute atomic E-state index is 12.4. The summed E-state index contributed by atoms with van der Waals surface area (Å²) in [5, 5.41) is 0. The highest BCUT2D eigenvalue weighted by Gasteiger charge is 2.19. The van der Waals surface area contributed by atoms with Crippen LogP contribution in [-0.2, 0) is 39.9 Å². The molecule has 0 heterocycles. The second-order valence-electron chi connectivity index (χ2n) is 6.14. The molecule has 1 atom stereocenters. The van der Waals surface area contributed by atoms with Gasteiger partial charge in [0.1, 0.15) is 12.7 Å². The van der Waals surface area contributed by atoms with Crippen molar-refractivity contribution in [1.82, 2.24) is 0 Å². The minimum atomic E-state index is -3.95. The molecule has 0 saturated heterocycles. The van der Waals surface area contributed by atoms with Crippen LogP contribution in [0.4, 0.5) is 0 Å². The van der Waals surface area contributed by atoms with Gasteiger partial charge in [-0.3, -0.25) is 4.18 Å². The van der Waals surface area contributed by atoms with Gasteiger partial charge in [-0.2, -0.15) is 8.42 Å². The van der Waals surface area contributed by atoms with Crippen LogP contribution in [0, 0.1) is 6.92 Å². The number of carbonyl (C=O) groups excluding carboxylic acids is 1. The summed E-state index contributed by atoms with van der Waals surface area (Å²) in [5.41, 5.74) is 1.90. The van der Waals surface area contributed by atoms with Gasteiger partial charge in [0, 0.05) is 0 Å². The van der Waals surface area contributed by atoms with Crippen molar-refractivity contribution in [3.63, 3.8) is 0 Å². The second-order valence-corrected chi connectivity index (χ2v) is 7.75. The fraction of sp³-hybridized carbons (Fsp3) is 0.286. The molecule has 2 aromatic carbocycles. The minimum absolute atomic E-state index is 0.0529. The molecule has 0 fully saturated rings. The minimum Gasteiger partial charge on any atom is -0.493 e. The lowest BCUT2D eigenvalue weighted by molar-refractivity contribution is -0.135. The van der Waals surface area contributed by atoms with E-state index >= 15 is 0 Å². The first-order valence-corrected chi connectivity index (χ1v) is 10.3. The van der Waals surface area contributed by atoms with Gasteiger partial charge in [0.15, 0.2) is 0 Å². The SMILES string of the molecule is COC(=O)C=CO[C@H](COCc1ccccc1)COS(=O)(=O)c1ccc(C)cc1. The average Bonchev–Trinajstić information content (AvgIpc) is 2.72. The number of esters is 1. The maximum Gasteiger partial charge on any atom is 0.333 e. The van der Waals surface area contributed by atoms with Crippen LogP contribution in [-0.4, -0.2) is 40.8 Å². The van der Waals surface area contributed by atoms with Crippen LogP contribution in [0.15, 0.2) is 71.8 Å². The molecule has 0 amide bonds. The smallest absolute Gasteiger partial charge is 0.333 e. The Hall–Kier alpha value is -2.68. The van der Waals surface area contributed by atoms with E-state index in [4.69, 9.17) is 13.7 Å². The van der Waals surface area contributed by atoms with Crippen molar-refractivity contribution in [3.8, 4) is 0 Å². The Bertz CT molecular complexity index is 890. The Kier molecular flexibility index (Phi) is 8.85. The normalized spacial score (nSPS) is 12.6. The van der Waals surface area contributed by atoms with Gasteiger partial charge in [0.05, 0.1) is 37.6 Å². The highest BCUT2D eigenvalue weighted by molar-refractivity contribution is 7.86. The number of ether oxygens (including phenoxy) is 3. The van der Waals surface area contributed by atoms with Gasteiger partial charge < -0.3 is 14.2 Å². The molecule has 8 heteroatoms. The van der Waals surface area contributed by atoms with E-state index in [0.29, 0.717) is 6.61 Å². The molecule has 0 spiro atoms. The molecule has 0 unspecified atom stereocenters. The summed E-state index contributed by atoms with van der Waals surface area (Å²) in [6, 6.07) is 15.8. The number of hydrogen-bond donors (Lipinski definition) is 0. The van der Waals surface area contributed by atoms with Crippen LogP contribution in [0.3, 0.4) is 0 Å². The van der Waals surface area contributed by atoms with E-state index in [1.54, 1.807) is 12.1 Å². The molecular weight excluding hydrogens is 396 g/mol. The van der Waals surface area contributed by atoms with Crippen LogP contribution in [0.25, 0.3) is 0 Å². The predicted molar refractivity (Wildman–Crippen MR) is 106 cm³/mol. The van der Waals surface area contributed by atoms with E-state index in [1.165, 1.54) is 19.2 Å². The standard InChI is InChI=1S/C21H24O7S/c1-17-8-10-20(11-9-17)29(23,24)28-16-19(27-13-12-21(22)25-2)15-26-14-18-6-4-3-5-7-18/h3-13,19H,14-16H2,1-2H3/t19-/m1/s1. The Morgan fingerprint density at radius 3 is 2.38 bits per heavy atom. The van der Waals surface area contributed by atoms with Gasteiger partial charge in [0.2, 0.25) is 0 Å². The van der Waals surface area contributed by atoms with Gasteiger partial charge >= 0.3 is 5.97 Å². The molecule has 0 bridgehead atoms. The van der Waals surface area contributed by atoms with Crippen molar-refractivity contribution in [1.29, 1.82) is 0 Å². The summed E-state index contributed by atoms with van der Waals surface area (Å²) in [7, 11) is -2.71. The molecule has 0 aliphatic carbocycles. The van der Waals surface area contributed by atoms with Gasteiger partial charge in [-0.25, -0.2) is 4.79 Å². The van der Waals surface area contributed by atoms with E-state index in [2.05, 4.69) is 4.74 Å². The number of aryl methyl sites for hydroxylation is 1. The quantitative estimate of drug-likeness (QED) is 0.239. The van der Waals surface area contributed by atoms with Crippen molar-refractivity contribution in [3.05, 3.63) is 78.1 Å². The second kappa shape index (κ2) is 11.4. The van der Waals surface area contributed by atoms with Crippen molar-refractivity contribution in [2.75, 3.05) is 20.3 Å². The molecule has 29 heavy (non-hydrogen) atoms. The fourth-order valence-electron chi connectivity index (χ4n) is 2.22. The topological polar surface area (TPSA) is 88.1 Å². The van der Waals surface area contributed by atoms with Crippen LogP contribution in [0.1, 0.15) is 11.1 Å². The maximum atomic E-state index is 12.4. The summed E-state index contributed by atoms with van der Waals surface area (Å²) in [6.45, 7) is 1.96. The first-order chi connectivity index (χ1) is 13.9. The highest BCUT2D eigenvalue weighted by atomic mass is 32.2. The van der Waals surface area contributed by atoms with Crippen LogP contribution >= 0.6 is 0 Å². The van der Waals surface area contributed by atoms with Gasteiger partial charge in [-0.05, 0) is 24.6 Å². The molecule has 0 radical (unpaired) electrons. The lowest BCUT2D eigenvalue weighted by Gasteiger charge is -2.17. The Morgan fingerprint density at radius 1 is 1.03 bits per heavy atom. The predicted octanol–water partition coefficient (Wildman–Crippen LogP) is 2.99. The van der Waals surface area contributed by atoms with Gasteiger partial charge in [0.25, 0.3) is 10.1 Å². The Balaban J connectivity index is 1.96. The Morgan fingerprint density at radius 2 is 1.72 bits per heavy atom. The van der Waals surface area contributed by atoms with Crippen LogP contribution < -0.4 is 0 Å². The number of carbonyl (C=O) groups is 1. The van der Waals surface area contributed by atoms with Gasteiger partial charge in [-0.1, -0.05) is 48.0 Å². The summed E-state index contributed by atoms with van der Waals surface area (Å²) in [4.78, 5) is 11.2. The highest BCUT2D eigenvalue weighted by Crippen LogP contribution is 2.14. The average molecular weight is 420 g/mol. The lowest BCUT2D eigenvalue weighted by Crippen LogP contribution is -2.26. The molecular formula is C21H24O7S.